The summed E-state index contributed by atoms with van der Waals surface area (Å²) in [4.78, 5) is 43.8. The molecule has 1 rings (SSSR count). The monoisotopic (exact) mass is 533 g/mol. The number of H-pyrrole nitrogens is 1. The van der Waals surface area contributed by atoms with Gasteiger partial charge >= 0.3 is 12.1 Å². The predicted octanol–water partition coefficient (Wildman–Crippen LogP) is 3.40. The van der Waals surface area contributed by atoms with Crippen molar-refractivity contribution in [2.45, 2.75) is 77.6 Å². The largest absolute Gasteiger partial charge is 0.449 e. The van der Waals surface area contributed by atoms with Gasteiger partial charge in [-0.3, -0.25) is 15.1 Å². The molecule has 210 valence electrons. The Morgan fingerprint density at radius 1 is 0.895 bits per heavy atom. The van der Waals surface area contributed by atoms with Gasteiger partial charge in [-0.25, -0.2) is 14.6 Å². The Bertz CT molecular complexity index is 984. The minimum Gasteiger partial charge on any atom is -0.449 e. The number of carbonyl (C=O) groups excluding carboxylic acids is 2. The molecule has 1 heterocycles. The van der Waals surface area contributed by atoms with Crippen molar-refractivity contribution in [3.05, 3.63) is 21.6 Å². The lowest BCUT2D eigenvalue weighted by atomic mass is 10.0. The van der Waals surface area contributed by atoms with Crippen LogP contribution >= 0.6 is 0 Å². The smallest absolute Gasteiger partial charge is 0.407 e. The molecule has 13 nitrogen and oxygen atoms in total. The van der Waals surface area contributed by atoms with E-state index in [2.05, 4.69) is 35.4 Å². The van der Waals surface area contributed by atoms with Crippen LogP contribution < -0.4 is 21.5 Å². The second kappa shape index (κ2) is 20.1. The number of hydrogen-bond acceptors (Lipinski definition) is 9. The molecular formula is C25H39N7O6. The molecule has 0 bridgehead atoms. The van der Waals surface area contributed by atoms with Crippen molar-refractivity contribution in [3.63, 3.8) is 0 Å². The first-order valence-electron chi connectivity index (χ1n) is 13.0. The van der Waals surface area contributed by atoms with Gasteiger partial charge in [-0.1, -0.05) is 26.7 Å². The molecular weight excluding hydrogens is 494 g/mol. The first kappa shape index (κ1) is 32.0. The van der Waals surface area contributed by atoms with E-state index in [0.29, 0.717) is 37.6 Å². The third-order valence-corrected chi connectivity index (χ3v) is 5.44. The van der Waals surface area contributed by atoms with E-state index in [4.69, 9.17) is 15.3 Å². The molecule has 3 amide bonds. The van der Waals surface area contributed by atoms with E-state index in [1.54, 1.807) is 12.5 Å². The van der Waals surface area contributed by atoms with Crippen LogP contribution in [0.15, 0.2) is 4.79 Å². The highest BCUT2D eigenvalue weighted by molar-refractivity contribution is 5.87. The number of ether oxygens (including phenoxy) is 3. The molecule has 0 spiro atoms. The number of anilines is 1. The van der Waals surface area contributed by atoms with Crippen LogP contribution in [0.1, 0.15) is 82.4 Å². The molecule has 0 saturated carbocycles. The van der Waals surface area contributed by atoms with Gasteiger partial charge in [0.1, 0.15) is 13.2 Å². The number of hydrogen-bond donors (Lipinski definition) is 4. The summed E-state index contributed by atoms with van der Waals surface area (Å²) in [5, 5.41) is 24.5. The highest BCUT2D eigenvalue weighted by Gasteiger charge is 2.16. The Hall–Kier alpha value is -4.00. The molecule has 13 heteroatoms. The van der Waals surface area contributed by atoms with E-state index in [1.165, 1.54) is 0 Å². The zero-order valence-electron chi connectivity index (χ0n) is 22.3. The average molecular weight is 534 g/mol. The maximum absolute atomic E-state index is 12.7. The summed E-state index contributed by atoms with van der Waals surface area (Å²) in [5.41, 5.74) is 0.523. The van der Waals surface area contributed by atoms with E-state index >= 15 is 0 Å². The standard InChI is InChI=1S/C25H39N7O6/c1-19(2)21-20(11-16-38-25(35)29-13-8-4-6-10-15-37-18-27)22(33)31-23(30-21)32-24(34)28-12-7-3-5-9-14-36-17-26/h19H,3-16H2,1-2H3,(H,29,35)(H3,28,30,31,32,33,34). The number of nitriles is 2. The van der Waals surface area contributed by atoms with Crippen molar-refractivity contribution >= 4 is 18.1 Å². The first-order valence-corrected chi connectivity index (χ1v) is 13.0. The van der Waals surface area contributed by atoms with Crippen molar-refractivity contribution in [3.8, 4) is 12.5 Å². The zero-order valence-corrected chi connectivity index (χ0v) is 22.3. The molecule has 1 aromatic rings. The molecule has 0 aliphatic rings. The third kappa shape index (κ3) is 14.5. The summed E-state index contributed by atoms with van der Waals surface area (Å²) in [5.74, 6) is -0.0419. The molecule has 0 unspecified atom stereocenters. The fraction of sp³-hybridized carbons (Fsp3) is 0.680. The van der Waals surface area contributed by atoms with Crippen molar-refractivity contribution in [2.75, 3.05) is 38.2 Å². The number of aromatic amines is 1. The third-order valence-electron chi connectivity index (χ3n) is 5.44. The normalized spacial score (nSPS) is 10.2. The molecule has 38 heavy (non-hydrogen) atoms. The summed E-state index contributed by atoms with van der Waals surface area (Å²) in [6, 6.07) is -0.473. The van der Waals surface area contributed by atoms with Crippen LogP contribution in [-0.2, 0) is 20.6 Å². The summed E-state index contributed by atoms with van der Waals surface area (Å²) in [7, 11) is 0. The van der Waals surface area contributed by atoms with Crippen molar-refractivity contribution in [1.29, 1.82) is 10.5 Å². The maximum atomic E-state index is 12.7. The molecule has 0 atom stereocenters. The van der Waals surface area contributed by atoms with Gasteiger partial charge in [-0.05, 0) is 44.4 Å². The number of alkyl carbamates (subject to hydrolysis) is 1. The number of amides is 3. The Balaban J connectivity index is 2.41. The number of urea groups is 1. The second-order valence-corrected chi connectivity index (χ2v) is 8.83. The highest BCUT2D eigenvalue weighted by Crippen LogP contribution is 2.16. The lowest BCUT2D eigenvalue weighted by Gasteiger charge is -2.14. The van der Waals surface area contributed by atoms with E-state index < -0.39 is 17.7 Å². The van der Waals surface area contributed by atoms with Gasteiger partial charge in [0.15, 0.2) is 0 Å². The molecule has 0 saturated heterocycles. The SMILES string of the molecule is CC(C)c1nc(NC(=O)NCCCCCCOC#N)[nH]c(=O)c1CCOC(=O)NCCCCCCOC#N. The lowest BCUT2D eigenvalue weighted by Crippen LogP contribution is -2.32. The van der Waals surface area contributed by atoms with Crippen LogP contribution in [-0.4, -0.2) is 55.0 Å². The van der Waals surface area contributed by atoms with Crippen LogP contribution in [0.25, 0.3) is 0 Å². The predicted molar refractivity (Wildman–Crippen MR) is 139 cm³/mol. The van der Waals surface area contributed by atoms with Crippen LogP contribution in [0.2, 0.25) is 0 Å². The Kier molecular flexibility index (Phi) is 16.9. The minimum absolute atomic E-state index is 0.0116. The quantitative estimate of drug-likeness (QED) is 0.152. The highest BCUT2D eigenvalue weighted by atomic mass is 16.5. The first-order chi connectivity index (χ1) is 18.4. The molecule has 4 N–H and O–H groups in total. The molecule has 0 aliphatic carbocycles. The fourth-order valence-corrected chi connectivity index (χ4v) is 3.53. The van der Waals surface area contributed by atoms with Crippen molar-refractivity contribution in [2.24, 2.45) is 0 Å². The van der Waals surface area contributed by atoms with E-state index in [0.717, 1.165) is 51.4 Å². The molecule has 0 fully saturated rings. The zero-order chi connectivity index (χ0) is 28.0. The van der Waals surface area contributed by atoms with Crippen LogP contribution in [0.4, 0.5) is 15.5 Å². The number of aromatic nitrogens is 2. The number of nitrogens with one attached hydrogen (secondary N) is 4. The maximum Gasteiger partial charge on any atom is 0.407 e. The number of unbranched alkanes of at least 4 members (excludes halogenated alkanes) is 6. The van der Waals surface area contributed by atoms with Gasteiger partial charge in [0, 0.05) is 25.1 Å². The van der Waals surface area contributed by atoms with Gasteiger partial charge in [-0.15, -0.1) is 0 Å². The van der Waals surface area contributed by atoms with Crippen LogP contribution in [0, 0.1) is 23.0 Å². The average Bonchev–Trinajstić information content (AvgIpc) is 2.88. The molecule has 0 radical (unpaired) electrons. The van der Waals surface area contributed by atoms with E-state index in [-0.39, 0.29) is 24.9 Å². The molecule has 0 aliphatic heterocycles. The van der Waals surface area contributed by atoms with Gasteiger partial charge < -0.3 is 24.8 Å². The summed E-state index contributed by atoms with van der Waals surface area (Å²) in [6.45, 7) is 5.52. The molecule has 1 aromatic heterocycles. The second-order valence-electron chi connectivity index (χ2n) is 8.83. The van der Waals surface area contributed by atoms with Crippen LogP contribution in [0.3, 0.4) is 0 Å². The van der Waals surface area contributed by atoms with Gasteiger partial charge in [0.25, 0.3) is 18.1 Å². The van der Waals surface area contributed by atoms with Gasteiger partial charge in [0.05, 0.1) is 12.3 Å². The minimum atomic E-state index is -0.557. The number of carbonyl (C=O) groups is 2. The number of rotatable bonds is 19. The molecule has 0 aromatic carbocycles. The Labute approximate surface area is 223 Å². The summed E-state index contributed by atoms with van der Waals surface area (Å²) in [6.07, 6.45) is 9.59. The summed E-state index contributed by atoms with van der Waals surface area (Å²) >= 11 is 0. The Morgan fingerprint density at radius 3 is 2.05 bits per heavy atom. The fourth-order valence-electron chi connectivity index (χ4n) is 3.53. The lowest BCUT2D eigenvalue weighted by molar-refractivity contribution is 0.147. The van der Waals surface area contributed by atoms with Crippen molar-refractivity contribution in [1.82, 2.24) is 20.6 Å². The van der Waals surface area contributed by atoms with Gasteiger partial charge in [-0.2, -0.15) is 10.5 Å². The topological polar surface area (TPSA) is 191 Å². The van der Waals surface area contributed by atoms with Crippen LogP contribution in [0.5, 0.6) is 0 Å². The summed E-state index contributed by atoms with van der Waals surface area (Å²) < 4.78 is 14.4. The Morgan fingerprint density at radius 2 is 1.47 bits per heavy atom. The number of nitrogens with zero attached hydrogens (tertiary/aromatic N) is 3. The van der Waals surface area contributed by atoms with Crippen molar-refractivity contribution < 1.29 is 23.8 Å². The van der Waals surface area contributed by atoms with Gasteiger partial charge in [0.2, 0.25) is 5.95 Å². The van der Waals surface area contributed by atoms with E-state index in [1.807, 2.05) is 13.8 Å². The van der Waals surface area contributed by atoms with E-state index in [9.17, 15) is 14.4 Å².